The fourth-order valence-corrected chi connectivity index (χ4v) is 3.42. The van der Waals surface area contributed by atoms with Crippen molar-refractivity contribution >= 4 is 33.0 Å². The first-order valence-electron chi connectivity index (χ1n) is 6.15. The van der Waals surface area contributed by atoms with E-state index in [2.05, 4.69) is 15.9 Å². The molecule has 0 unspecified atom stereocenters. The number of benzene rings is 1. The van der Waals surface area contributed by atoms with E-state index in [9.17, 15) is 4.79 Å². The molecule has 1 aromatic heterocycles. The molecule has 0 bridgehead atoms. The second-order valence-electron chi connectivity index (χ2n) is 4.14. The van der Waals surface area contributed by atoms with E-state index in [0.717, 1.165) is 16.9 Å². The number of aryl methyl sites for hydroxylation is 1. The molecule has 20 heavy (non-hydrogen) atoms. The van der Waals surface area contributed by atoms with Crippen LogP contribution in [0.2, 0.25) is 0 Å². The van der Waals surface area contributed by atoms with Crippen LogP contribution in [0, 0.1) is 0 Å². The Hall–Kier alpha value is -1.33. The molecule has 0 spiro atoms. The summed E-state index contributed by atoms with van der Waals surface area (Å²) in [5.74, 6) is 1.15. The molecule has 0 aliphatic rings. The van der Waals surface area contributed by atoms with Crippen molar-refractivity contribution in [2.45, 2.75) is 13.3 Å². The normalized spacial score (nSPS) is 10.4. The van der Waals surface area contributed by atoms with E-state index in [4.69, 9.17) is 9.47 Å². The number of ketones is 1. The summed E-state index contributed by atoms with van der Waals surface area (Å²) in [6, 6.07) is 5.46. The molecule has 0 aliphatic carbocycles. The molecule has 1 aromatic carbocycles. The zero-order valence-corrected chi connectivity index (χ0v) is 13.9. The van der Waals surface area contributed by atoms with Crippen LogP contribution in [-0.4, -0.2) is 20.0 Å². The van der Waals surface area contributed by atoms with E-state index in [-0.39, 0.29) is 5.78 Å². The second kappa shape index (κ2) is 6.41. The molecule has 2 aromatic rings. The number of thiophene rings is 1. The Kier molecular flexibility index (Phi) is 4.83. The highest BCUT2D eigenvalue weighted by molar-refractivity contribution is 9.10. The largest absolute Gasteiger partial charge is 0.493 e. The van der Waals surface area contributed by atoms with Crippen LogP contribution < -0.4 is 9.47 Å². The van der Waals surface area contributed by atoms with Crippen molar-refractivity contribution in [1.82, 2.24) is 0 Å². The summed E-state index contributed by atoms with van der Waals surface area (Å²) in [5, 5.41) is 1.95. The number of halogens is 1. The fourth-order valence-electron chi connectivity index (χ4n) is 1.96. The van der Waals surface area contributed by atoms with Crippen LogP contribution >= 0.6 is 27.3 Å². The minimum absolute atomic E-state index is 0.00433. The Labute approximate surface area is 130 Å². The van der Waals surface area contributed by atoms with E-state index in [0.29, 0.717) is 21.5 Å². The molecule has 5 heteroatoms. The summed E-state index contributed by atoms with van der Waals surface area (Å²) in [6.07, 6.45) is 0.843. The van der Waals surface area contributed by atoms with Crippen molar-refractivity contribution in [3.63, 3.8) is 0 Å². The molecule has 0 atom stereocenters. The maximum absolute atomic E-state index is 12.7. The summed E-state index contributed by atoms with van der Waals surface area (Å²) in [4.78, 5) is 13.4. The second-order valence-corrected chi connectivity index (χ2v) is 5.92. The molecule has 0 fully saturated rings. The number of carbonyl (C=O) groups excluding carboxylic acids is 1. The molecule has 0 saturated carbocycles. The van der Waals surface area contributed by atoms with Gasteiger partial charge in [-0.2, -0.15) is 0 Å². The highest BCUT2D eigenvalue weighted by Gasteiger charge is 2.20. The molecule has 0 radical (unpaired) electrons. The maximum atomic E-state index is 12.7. The Bertz CT molecular complexity index is 634. The molecule has 0 aliphatic heterocycles. The average molecular weight is 355 g/mol. The summed E-state index contributed by atoms with van der Waals surface area (Å²) >= 11 is 4.90. The van der Waals surface area contributed by atoms with E-state index in [1.165, 1.54) is 11.3 Å². The monoisotopic (exact) mass is 354 g/mol. The number of rotatable bonds is 5. The van der Waals surface area contributed by atoms with Crippen molar-refractivity contribution < 1.29 is 14.3 Å². The van der Waals surface area contributed by atoms with E-state index >= 15 is 0 Å². The van der Waals surface area contributed by atoms with Crippen LogP contribution in [-0.2, 0) is 6.42 Å². The van der Waals surface area contributed by atoms with Gasteiger partial charge in [0.15, 0.2) is 11.5 Å². The lowest BCUT2D eigenvalue weighted by atomic mass is 10.1. The third-order valence-electron chi connectivity index (χ3n) is 3.05. The highest BCUT2D eigenvalue weighted by Crippen LogP contribution is 2.35. The Balaban J connectivity index is 2.50. The van der Waals surface area contributed by atoms with Crippen molar-refractivity contribution in [2.24, 2.45) is 0 Å². The topological polar surface area (TPSA) is 35.5 Å². The van der Waals surface area contributed by atoms with Gasteiger partial charge in [-0.3, -0.25) is 4.79 Å². The highest BCUT2D eigenvalue weighted by atomic mass is 79.9. The summed E-state index contributed by atoms with van der Waals surface area (Å²) in [5.41, 5.74) is 1.65. The van der Waals surface area contributed by atoms with Crippen LogP contribution in [0.5, 0.6) is 11.5 Å². The summed E-state index contributed by atoms with van der Waals surface area (Å²) in [7, 11) is 3.13. The lowest BCUT2D eigenvalue weighted by molar-refractivity contribution is 0.104. The number of ether oxygens (including phenoxy) is 2. The molecule has 106 valence electrons. The molecule has 0 N–H and O–H groups in total. The molecular formula is C15H15BrO3S. The summed E-state index contributed by atoms with van der Waals surface area (Å²) in [6.45, 7) is 2.04. The van der Waals surface area contributed by atoms with Gasteiger partial charge in [0.2, 0.25) is 5.78 Å². The van der Waals surface area contributed by atoms with Gasteiger partial charge in [-0.1, -0.05) is 6.92 Å². The molecule has 3 nitrogen and oxygen atoms in total. The van der Waals surface area contributed by atoms with Crippen LogP contribution in [0.3, 0.4) is 0 Å². The van der Waals surface area contributed by atoms with Crippen LogP contribution in [0.25, 0.3) is 0 Å². The number of hydrogen-bond donors (Lipinski definition) is 0. The minimum Gasteiger partial charge on any atom is -0.493 e. The number of hydrogen-bond acceptors (Lipinski definition) is 4. The van der Waals surface area contributed by atoms with Gasteiger partial charge >= 0.3 is 0 Å². The first-order valence-corrected chi connectivity index (χ1v) is 7.82. The average Bonchev–Trinajstić information content (AvgIpc) is 2.94. The third kappa shape index (κ3) is 2.74. The predicted octanol–water partition coefficient (Wildman–Crippen LogP) is 4.32. The van der Waals surface area contributed by atoms with Crippen LogP contribution in [0.1, 0.15) is 27.7 Å². The smallest absolute Gasteiger partial charge is 0.204 e. The van der Waals surface area contributed by atoms with Crippen molar-refractivity contribution in [2.75, 3.05) is 14.2 Å². The van der Waals surface area contributed by atoms with Gasteiger partial charge in [0.1, 0.15) is 0 Å². The molecule has 2 rings (SSSR count). The maximum Gasteiger partial charge on any atom is 0.204 e. The van der Waals surface area contributed by atoms with Gasteiger partial charge in [-0.15, -0.1) is 11.3 Å². The van der Waals surface area contributed by atoms with Crippen molar-refractivity contribution in [3.8, 4) is 11.5 Å². The van der Waals surface area contributed by atoms with E-state index < -0.39 is 0 Å². The first-order chi connectivity index (χ1) is 9.62. The zero-order valence-electron chi connectivity index (χ0n) is 11.5. The standard InChI is InChI=1S/C15H15BrO3S/c1-4-9-5-6-20-15(9)14(17)10-7-12(18-2)13(19-3)8-11(10)16/h5-8H,4H2,1-3H3. The Morgan fingerprint density at radius 2 is 1.90 bits per heavy atom. The number of methoxy groups -OCH3 is 2. The fraction of sp³-hybridized carbons (Fsp3) is 0.267. The van der Waals surface area contributed by atoms with Crippen molar-refractivity contribution in [3.05, 3.63) is 44.1 Å². The van der Waals surface area contributed by atoms with Crippen LogP contribution in [0.4, 0.5) is 0 Å². The van der Waals surface area contributed by atoms with Gasteiger partial charge in [0.25, 0.3) is 0 Å². The summed E-state index contributed by atoms with van der Waals surface area (Å²) < 4.78 is 11.2. The third-order valence-corrected chi connectivity index (χ3v) is 4.66. The van der Waals surface area contributed by atoms with Gasteiger partial charge in [0, 0.05) is 10.0 Å². The van der Waals surface area contributed by atoms with E-state index in [1.54, 1.807) is 26.4 Å². The van der Waals surface area contributed by atoms with Crippen LogP contribution in [0.15, 0.2) is 28.1 Å². The Morgan fingerprint density at radius 3 is 2.50 bits per heavy atom. The molecular weight excluding hydrogens is 340 g/mol. The SMILES string of the molecule is CCc1ccsc1C(=O)c1cc(OC)c(OC)cc1Br. The lowest BCUT2D eigenvalue weighted by Crippen LogP contribution is -2.04. The van der Waals surface area contributed by atoms with Gasteiger partial charge in [0.05, 0.1) is 19.1 Å². The minimum atomic E-state index is 0.00433. The van der Waals surface area contributed by atoms with Gasteiger partial charge in [-0.25, -0.2) is 0 Å². The van der Waals surface area contributed by atoms with E-state index in [1.807, 2.05) is 18.4 Å². The van der Waals surface area contributed by atoms with Gasteiger partial charge in [-0.05, 0) is 51.5 Å². The number of carbonyl (C=O) groups is 1. The zero-order chi connectivity index (χ0) is 14.7. The van der Waals surface area contributed by atoms with Crippen molar-refractivity contribution in [1.29, 1.82) is 0 Å². The molecule has 1 heterocycles. The predicted molar refractivity (Wildman–Crippen MR) is 84.4 cm³/mol. The first kappa shape index (κ1) is 15.1. The quantitative estimate of drug-likeness (QED) is 0.750. The molecule has 0 saturated heterocycles. The molecule has 0 amide bonds. The Morgan fingerprint density at radius 1 is 1.25 bits per heavy atom. The van der Waals surface area contributed by atoms with Gasteiger partial charge < -0.3 is 9.47 Å². The lowest BCUT2D eigenvalue weighted by Gasteiger charge is -2.11.